The molecule has 11 aromatic rings. The number of aromatic nitrogens is 8. The molecule has 3 amide bonds. The summed E-state index contributed by atoms with van der Waals surface area (Å²) in [6, 6.07) is 46.1. The number of alkyl halides is 8. The number of nitrogens with zero attached hydrogens (tertiary/aromatic N) is 12. The Kier molecular flexibility index (Phi) is 32.2. The summed E-state index contributed by atoms with van der Waals surface area (Å²) in [6.07, 6.45) is 12.3. The second kappa shape index (κ2) is 43.8. The van der Waals surface area contributed by atoms with Gasteiger partial charge in [0.05, 0.1) is 44.6 Å². The highest BCUT2D eigenvalue weighted by molar-refractivity contribution is 5.77. The molecule has 11 N–H and O–H groups in total. The normalized spacial score (nSPS) is 16.1. The summed E-state index contributed by atoms with van der Waals surface area (Å²) in [5, 5.41) is 22.3. The van der Waals surface area contributed by atoms with Gasteiger partial charge in [-0.2, -0.15) is 17.6 Å². The van der Waals surface area contributed by atoms with Crippen LogP contribution in [0.5, 0.6) is 0 Å². The van der Waals surface area contributed by atoms with Gasteiger partial charge in [0.2, 0.25) is 41.0 Å². The SMILES string of the molecule is CC(F)(F)c1ccc(CN(c2ncnc(NCC3(O)CCOC3)c2F)C2CC2)cc1.CC(F)(F)c1ccc(CN(c2ncnc(NCc3ccc(CC(N)=O)cc3)c2F)C2CC2)cc1.CC(F)(F)c1ccc(CN(c2ncnc(NCc3ccc(CC(N)=O)cc3)c2F)C2CCOC2)cc1.CC(c1ccc(C(C)(F)F)cc1)N(c1ncnc(NCc2ccc(CC(N)=O)cc2)c1F)C1CC1. The number of carbonyl (C=O) groups excluding carboxylic acids is 3. The highest BCUT2D eigenvalue weighted by atomic mass is 19.3. The Morgan fingerprint density at radius 3 is 0.963 bits per heavy atom. The third-order valence-corrected chi connectivity index (χ3v) is 23.4. The molecule has 2 saturated heterocycles. The predicted molar refractivity (Wildman–Crippen MR) is 489 cm³/mol. The minimum atomic E-state index is -2.93. The van der Waals surface area contributed by atoms with Crippen molar-refractivity contribution in [1.29, 1.82) is 0 Å². The van der Waals surface area contributed by atoms with Gasteiger partial charge in [0, 0.05) is 134 Å². The number of hydrogen-bond acceptors (Lipinski definition) is 22. The van der Waals surface area contributed by atoms with Gasteiger partial charge in [0.25, 0.3) is 23.7 Å². The summed E-state index contributed by atoms with van der Waals surface area (Å²) < 4.78 is 181. The van der Waals surface area contributed by atoms with E-state index in [1.807, 2.05) is 58.0 Å². The van der Waals surface area contributed by atoms with Crippen molar-refractivity contribution in [3.8, 4) is 0 Å². The van der Waals surface area contributed by atoms with Gasteiger partial charge in [0.15, 0.2) is 46.5 Å². The second-order valence-electron chi connectivity index (χ2n) is 34.7. The average molecular weight is 1880 g/mol. The highest BCUT2D eigenvalue weighted by Gasteiger charge is 2.40. The van der Waals surface area contributed by atoms with E-state index in [0.717, 1.165) is 122 Å². The van der Waals surface area contributed by atoms with Crippen molar-refractivity contribution in [2.24, 2.45) is 17.2 Å². The molecule has 16 rings (SSSR count). The van der Waals surface area contributed by atoms with E-state index >= 15 is 17.6 Å². The third-order valence-electron chi connectivity index (χ3n) is 23.4. The molecule has 3 atom stereocenters. The lowest BCUT2D eigenvalue weighted by molar-refractivity contribution is -0.118. The summed E-state index contributed by atoms with van der Waals surface area (Å²) in [6.45, 7) is 9.05. The summed E-state index contributed by atoms with van der Waals surface area (Å²) in [5.41, 5.74) is 22.5. The van der Waals surface area contributed by atoms with Crippen LogP contribution in [0.4, 0.5) is 99.2 Å². The van der Waals surface area contributed by atoms with E-state index < -0.39 is 70.3 Å². The monoisotopic (exact) mass is 1870 g/mol. The average Bonchev–Trinajstić information content (AvgIpc) is 1.67. The molecule has 2 aliphatic heterocycles. The molecule has 714 valence electrons. The summed E-state index contributed by atoms with van der Waals surface area (Å²) in [5.74, 6) is -14.3. The van der Waals surface area contributed by atoms with E-state index in [0.29, 0.717) is 65.4 Å². The minimum absolute atomic E-state index is 0.0203. The number of aliphatic hydroxyl groups is 1. The lowest BCUT2D eigenvalue weighted by atomic mass is 10.0. The van der Waals surface area contributed by atoms with E-state index in [1.165, 1.54) is 73.8 Å². The zero-order valence-corrected chi connectivity index (χ0v) is 75.0. The van der Waals surface area contributed by atoms with Gasteiger partial charge in [-0.15, -0.1) is 0 Å². The first kappa shape index (κ1) is 99.2. The van der Waals surface area contributed by atoms with Crippen molar-refractivity contribution in [2.75, 3.05) is 73.8 Å². The van der Waals surface area contributed by atoms with Crippen LogP contribution in [0.2, 0.25) is 0 Å². The van der Waals surface area contributed by atoms with Crippen molar-refractivity contribution in [2.45, 2.75) is 204 Å². The minimum Gasteiger partial charge on any atom is -0.386 e. The standard InChI is InChI=1S/C26H28F3N5O2.C26H28F3N5O.C25H26F3N5O.C21H25F3N4O2/c1-26(28,29)20-8-6-19(7-9-20)14-34(21-10-11-36-15-21)25-23(27)24(32-16-33-25)31-13-18-4-2-17(3-5-18)12-22(30)35;1-16(19-7-9-20(10-8-19)26(2,28)29)34(21-11-12-21)25-23(27)24(32-15-33-25)31-14-18-5-3-17(4-6-18)13-22(30)35;1-25(27,28)19-8-6-18(7-9-19)14-33(20-10-11-20)24-22(26)23(31-15-32-24)30-13-17-4-2-16(3-5-17)12-21(29)34;1-20(23,24)15-4-2-14(3-5-15)10-28(16-6-7-16)19-17(22)18(26-13-27-19)25-11-21(29)8-9-30-12-21/h2-9,16,21H,10-15H2,1H3,(H2,30,35)(H,31,32,33);3-10,15-16,21H,11-14H2,1-2H3,(H2,30,35)(H,31,32,33);2-9,15,20H,10-14H2,1H3,(H2,29,34)(H,30,31,32);2-5,13,16,29H,6-12H2,1H3,(H,25,26,27). The molecule has 3 saturated carbocycles. The zero-order valence-electron chi connectivity index (χ0n) is 75.0. The molecule has 3 unspecified atom stereocenters. The molecule has 135 heavy (non-hydrogen) atoms. The van der Waals surface area contributed by atoms with Crippen molar-refractivity contribution in [1.82, 2.24) is 39.9 Å². The molecule has 3 aliphatic carbocycles. The molecular formula is C98H107F12N19O6. The fourth-order valence-corrected chi connectivity index (χ4v) is 15.4. The van der Waals surface area contributed by atoms with Crippen molar-refractivity contribution in [3.63, 3.8) is 0 Å². The first-order valence-electron chi connectivity index (χ1n) is 44.2. The van der Waals surface area contributed by atoms with Gasteiger partial charge < -0.3 is 72.6 Å². The number of primary amides is 3. The van der Waals surface area contributed by atoms with E-state index in [9.17, 15) is 54.6 Å². The largest absolute Gasteiger partial charge is 0.386 e. The number of hydrogen-bond donors (Lipinski definition) is 8. The van der Waals surface area contributed by atoms with Crippen molar-refractivity contribution >= 4 is 64.3 Å². The lowest BCUT2D eigenvalue weighted by Gasteiger charge is -2.31. The number of benzene rings is 7. The Morgan fingerprint density at radius 1 is 0.385 bits per heavy atom. The Morgan fingerprint density at radius 2 is 0.674 bits per heavy atom. The van der Waals surface area contributed by atoms with Crippen LogP contribution in [-0.4, -0.2) is 125 Å². The first-order chi connectivity index (χ1) is 64.3. The fourth-order valence-electron chi connectivity index (χ4n) is 15.4. The van der Waals surface area contributed by atoms with Crippen LogP contribution < -0.4 is 58.1 Å². The molecule has 5 aliphatic rings. The number of ether oxygens (including phenoxy) is 2. The van der Waals surface area contributed by atoms with Crippen LogP contribution >= 0.6 is 0 Å². The number of nitrogens with two attached hydrogens (primary N) is 3. The van der Waals surface area contributed by atoms with Gasteiger partial charge in [-0.05, 0) is 108 Å². The fraction of sp³-hybridized carbons (Fsp3) is 0.378. The first-order valence-corrected chi connectivity index (χ1v) is 44.2. The maximum Gasteiger partial charge on any atom is 0.270 e. The number of halogens is 12. The quantitative estimate of drug-likeness (QED) is 0.0167. The number of nitrogens with one attached hydrogen (secondary N) is 4. The van der Waals surface area contributed by atoms with E-state index in [2.05, 4.69) is 61.1 Å². The van der Waals surface area contributed by atoms with Gasteiger partial charge in [-0.25, -0.2) is 75.0 Å². The summed E-state index contributed by atoms with van der Waals surface area (Å²) >= 11 is 0. The molecule has 0 bridgehead atoms. The summed E-state index contributed by atoms with van der Waals surface area (Å²) in [7, 11) is 0. The Hall–Kier alpha value is -13.3. The number of anilines is 8. The maximum absolute atomic E-state index is 15.6. The van der Waals surface area contributed by atoms with E-state index in [1.54, 1.807) is 89.8 Å². The maximum atomic E-state index is 15.6. The molecule has 5 fully saturated rings. The van der Waals surface area contributed by atoms with Crippen molar-refractivity contribution in [3.05, 3.63) is 296 Å². The Bertz CT molecular complexity index is 5790. The topological polar surface area (TPSA) is 332 Å². The van der Waals surface area contributed by atoms with E-state index in [4.69, 9.17) is 26.7 Å². The molecule has 37 heteroatoms. The van der Waals surface area contributed by atoms with Crippen molar-refractivity contribution < 1.29 is 81.6 Å². The number of amides is 3. The molecular weight excluding hydrogens is 1770 g/mol. The lowest BCUT2D eigenvalue weighted by Crippen LogP contribution is -2.37. The van der Waals surface area contributed by atoms with Gasteiger partial charge in [0.1, 0.15) is 30.9 Å². The van der Waals surface area contributed by atoms with E-state index in [-0.39, 0.29) is 138 Å². The predicted octanol–water partition coefficient (Wildman–Crippen LogP) is 17.3. The second-order valence-corrected chi connectivity index (χ2v) is 34.7. The molecule has 7 aromatic carbocycles. The van der Waals surface area contributed by atoms with Crippen LogP contribution in [0.25, 0.3) is 0 Å². The van der Waals surface area contributed by atoms with Crippen LogP contribution in [0.15, 0.2) is 195 Å². The smallest absolute Gasteiger partial charge is 0.270 e. The van der Waals surface area contributed by atoms with Gasteiger partial charge in [-0.3, -0.25) is 14.4 Å². The molecule has 4 aromatic heterocycles. The molecule has 6 heterocycles. The van der Waals surface area contributed by atoms with Crippen LogP contribution in [0.1, 0.15) is 170 Å². The van der Waals surface area contributed by atoms with Crippen LogP contribution in [0, 0.1) is 23.3 Å². The number of carbonyl (C=O) groups is 3. The Balaban J connectivity index is 0.000000153. The Labute approximate surface area is 773 Å². The zero-order chi connectivity index (χ0) is 96.5. The van der Waals surface area contributed by atoms with Crippen LogP contribution in [0.3, 0.4) is 0 Å². The molecule has 25 nitrogen and oxygen atoms in total. The molecule has 0 radical (unpaired) electrons. The summed E-state index contributed by atoms with van der Waals surface area (Å²) in [4.78, 5) is 73.5. The van der Waals surface area contributed by atoms with Gasteiger partial charge in [-0.1, -0.05) is 170 Å². The third kappa shape index (κ3) is 27.9. The highest BCUT2D eigenvalue weighted by Crippen LogP contribution is 2.43. The van der Waals surface area contributed by atoms with Crippen LogP contribution in [-0.2, 0) is 106 Å². The number of rotatable bonds is 38. The van der Waals surface area contributed by atoms with Gasteiger partial charge >= 0.3 is 0 Å². The molecule has 0 spiro atoms.